The van der Waals surface area contributed by atoms with Crippen molar-refractivity contribution in [1.29, 1.82) is 5.26 Å². The minimum Gasteiger partial charge on any atom is -0.454 e. The van der Waals surface area contributed by atoms with Crippen LogP contribution in [0.2, 0.25) is 0 Å². The lowest BCUT2D eigenvalue weighted by atomic mass is 10.00. The van der Waals surface area contributed by atoms with E-state index in [0.717, 1.165) is 12.8 Å². The highest BCUT2D eigenvalue weighted by atomic mass is 16.6. The second-order valence-electron chi connectivity index (χ2n) is 6.04. The minimum atomic E-state index is -0.875. The molecular weight excluding hydrogens is 330 g/mol. The van der Waals surface area contributed by atoms with E-state index in [4.69, 9.17) is 4.74 Å². The third-order valence-corrected chi connectivity index (χ3v) is 4.22. The highest BCUT2D eigenvalue weighted by Gasteiger charge is 2.35. The molecule has 0 spiro atoms. The topological polar surface area (TPSA) is 140 Å². The van der Waals surface area contributed by atoms with Crippen LogP contribution >= 0.6 is 0 Å². The summed E-state index contributed by atoms with van der Waals surface area (Å²) >= 11 is 0. The van der Waals surface area contributed by atoms with E-state index in [1.807, 2.05) is 0 Å². The van der Waals surface area contributed by atoms with Gasteiger partial charge < -0.3 is 10.1 Å². The minimum absolute atomic E-state index is 0.150. The van der Waals surface area contributed by atoms with E-state index in [1.54, 1.807) is 0 Å². The average Bonchev–Trinajstić information content (AvgIpc) is 3.11. The van der Waals surface area contributed by atoms with Gasteiger partial charge in [-0.05, 0) is 39.5 Å². The molecule has 1 fully saturated rings. The lowest BCUT2D eigenvalue weighted by Crippen LogP contribution is -2.46. The number of carbonyl (C=O) groups is 2. The van der Waals surface area contributed by atoms with E-state index in [0.29, 0.717) is 12.8 Å². The second-order valence-corrected chi connectivity index (χ2v) is 6.04. The number of aromatic nitrogens is 2. The monoisotopic (exact) mass is 349 g/mol. The van der Waals surface area contributed by atoms with E-state index in [-0.39, 0.29) is 23.6 Å². The summed E-state index contributed by atoms with van der Waals surface area (Å²) in [7, 11) is 0. The molecule has 10 nitrogen and oxygen atoms in total. The second kappa shape index (κ2) is 7.29. The first-order valence-corrected chi connectivity index (χ1v) is 7.84. The standard InChI is InChI=1S/C15H19N5O5/c1-10-14(20(23)24)11(2)19(18-10)7-13(22)25-8-12(21)17-15(9-16)5-3-4-6-15/h3-8H2,1-2H3,(H,17,21). The number of nitrogens with one attached hydrogen (secondary N) is 1. The Bertz CT molecular complexity index is 742. The molecule has 1 amide bonds. The normalized spacial score (nSPS) is 15.4. The van der Waals surface area contributed by atoms with Crippen LogP contribution in [0.25, 0.3) is 0 Å². The van der Waals surface area contributed by atoms with Gasteiger partial charge in [0, 0.05) is 0 Å². The van der Waals surface area contributed by atoms with Gasteiger partial charge in [-0.15, -0.1) is 0 Å². The molecule has 0 saturated heterocycles. The van der Waals surface area contributed by atoms with Gasteiger partial charge in [0.25, 0.3) is 5.91 Å². The van der Waals surface area contributed by atoms with Gasteiger partial charge in [-0.1, -0.05) is 0 Å². The highest BCUT2D eigenvalue weighted by molar-refractivity contribution is 5.81. The number of ether oxygens (including phenoxy) is 1. The molecule has 0 unspecified atom stereocenters. The predicted octanol–water partition coefficient (Wildman–Crippen LogP) is 0.904. The Labute approximate surface area is 143 Å². The van der Waals surface area contributed by atoms with Gasteiger partial charge in [-0.3, -0.25) is 24.4 Å². The lowest BCUT2D eigenvalue weighted by molar-refractivity contribution is -0.386. The number of rotatable bonds is 6. The van der Waals surface area contributed by atoms with E-state index in [1.165, 1.54) is 18.5 Å². The number of esters is 1. The van der Waals surface area contributed by atoms with E-state index < -0.39 is 28.9 Å². The highest BCUT2D eigenvalue weighted by Crippen LogP contribution is 2.28. The van der Waals surface area contributed by atoms with E-state index >= 15 is 0 Å². The van der Waals surface area contributed by atoms with Crippen molar-refractivity contribution in [2.24, 2.45) is 0 Å². The molecule has 1 aliphatic carbocycles. The van der Waals surface area contributed by atoms with Crippen molar-refractivity contribution >= 4 is 17.6 Å². The van der Waals surface area contributed by atoms with Gasteiger partial charge in [-0.25, -0.2) is 0 Å². The average molecular weight is 349 g/mol. The van der Waals surface area contributed by atoms with Gasteiger partial charge in [0.2, 0.25) is 0 Å². The zero-order chi connectivity index (χ0) is 18.6. The van der Waals surface area contributed by atoms with Crippen molar-refractivity contribution in [2.45, 2.75) is 51.6 Å². The van der Waals surface area contributed by atoms with Crippen LogP contribution in [-0.4, -0.2) is 38.7 Å². The molecule has 1 N–H and O–H groups in total. The molecule has 134 valence electrons. The Kier molecular flexibility index (Phi) is 5.36. The van der Waals surface area contributed by atoms with Crippen LogP contribution in [0.3, 0.4) is 0 Å². The third kappa shape index (κ3) is 4.12. The van der Waals surface area contributed by atoms with Crippen LogP contribution < -0.4 is 5.32 Å². The smallest absolute Gasteiger partial charge is 0.328 e. The number of amides is 1. The van der Waals surface area contributed by atoms with Gasteiger partial charge in [0.05, 0.1) is 11.0 Å². The maximum absolute atomic E-state index is 11.9. The van der Waals surface area contributed by atoms with Crippen LogP contribution in [0.1, 0.15) is 37.1 Å². The zero-order valence-electron chi connectivity index (χ0n) is 14.1. The summed E-state index contributed by atoms with van der Waals surface area (Å²) in [6, 6.07) is 2.11. The molecule has 25 heavy (non-hydrogen) atoms. The van der Waals surface area contributed by atoms with Crippen molar-refractivity contribution in [3.8, 4) is 6.07 Å². The van der Waals surface area contributed by atoms with Gasteiger partial charge in [0.15, 0.2) is 6.61 Å². The summed E-state index contributed by atoms with van der Waals surface area (Å²) in [4.78, 5) is 34.1. The van der Waals surface area contributed by atoms with Crippen molar-refractivity contribution < 1.29 is 19.2 Å². The van der Waals surface area contributed by atoms with Crippen LogP contribution in [0.4, 0.5) is 5.69 Å². The summed E-state index contributed by atoms with van der Waals surface area (Å²) in [5.74, 6) is -1.29. The SMILES string of the molecule is Cc1nn(CC(=O)OCC(=O)NC2(C#N)CCCC2)c(C)c1[N+](=O)[O-]. The van der Waals surface area contributed by atoms with Crippen molar-refractivity contribution in [2.75, 3.05) is 6.61 Å². The summed E-state index contributed by atoms with van der Waals surface area (Å²) < 4.78 is 6.05. The fourth-order valence-electron chi connectivity index (χ4n) is 2.97. The number of hydrogen-bond donors (Lipinski definition) is 1. The van der Waals surface area contributed by atoms with Crippen LogP contribution in [0.5, 0.6) is 0 Å². The molecule has 0 aromatic carbocycles. The molecule has 1 saturated carbocycles. The molecular formula is C15H19N5O5. The molecule has 0 atom stereocenters. The number of hydrogen-bond acceptors (Lipinski definition) is 7. The predicted molar refractivity (Wildman–Crippen MR) is 84.3 cm³/mol. The van der Waals surface area contributed by atoms with Gasteiger partial charge in [-0.2, -0.15) is 10.4 Å². The van der Waals surface area contributed by atoms with Crippen LogP contribution in [0.15, 0.2) is 0 Å². The number of carbonyl (C=O) groups excluding carboxylic acids is 2. The van der Waals surface area contributed by atoms with Gasteiger partial charge >= 0.3 is 11.7 Å². The first-order chi connectivity index (χ1) is 11.8. The molecule has 0 aliphatic heterocycles. The molecule has 2 rings (SSSR count). The molecule has 1 aromatic heterocycles. The summed E-state index contributed by atoms with van der Waals surface area (Å²) in [5.41, 5.74) is -0.592. The maximum atomic E-state index is 11.9. The molecule has 10 heteroatoms. The fraction of sp³-hybridized carbons (Fsp3) is 0.600. The summed E-state index contributed by atoms with van der Waals surface area (Å²) in [5, 5.41) is 26.7. The van der Waals surface area contributed by atoms with Crippen molar-refractivity contribution in [3.63, 3.8) is 0 Å². The Morgan fingerprint density at radius 3 is 2.60 bits per heavy atom. The Balaban J connectivity index is 1.89. The van der Waals surface area contributed by atoms with Crippen LogP contribution in [-0.2, 0) is 20.9 Å². The number of aryl methyl sites for hydroxylation is 1. The molecule has 1 heterocycles. The van der Waals surface area contributed by atoms with Crippen molar-refractivity contribution in [1.82, 2.24) is 15.1 Å². The Morgan fingerprint density at radius 1 is 1.44 bits per heavy atom. The van der Waals surface area contributed by atoms with Gasteiger partial charge in [0.1, 0.15) is 23.5 Å². The Morgan fingerprint density at radius 2 is 2.08 bits per heavy atom. The zero-order valence-corrected chi connectivity index (χ0v) is 14.1. The lowest BCUT2D eigenvalue weighted by Gasteiger charge is -2.21. The third-order valence-electron chi connectivity index (χ3n) is 4.22. The number of nitrogens with zero attached hydrogens (tertiary/aromatic N) is 4. The largest absolute Gasteiger partial charge is 0.454 e. The van der Waals surface area contributed by atoms with E-state index in [9.17, 15) is 25.0 Å². The molecule has 1 aromatic rings. The first-order valence-electron chi connectivity index (χ1n) is 7.84. The maximum Gasteiger partial charge on any atom is 0.328 e. The summed E-state index contributed by atoms with van der Waals surface area (Å²) in [6.45, 7) is 2.11. The number of nitriles is 1. The van der Waals surface area contributed by atoms with Crippen molar-refractivity contribution in [3.05, 3.63) is 21.5 Å². The molecule has 1 aliphatic rings. The van der Waals surface area contributed by atoms with E-state index in [2.05, 4.69) is 16.5 Å². The Hall–Kier alpha value is -2.96. The quantitative estimate of drug-likeness (QED) is 0.457. The first kappa shape index (κ1) is 18.4. The number of nitro groups is 1. The summed E-state index contributed by atoms with van der Waals surface area (Å²) in [6.07, 6.45) is 2.89. The van der Waals surface area contributed by atoms with Crippen LogP contribution in [0, 0.1) is 35.3 Å². The fourth-order valence-corrected chi connectivity index (χ4v) is 2.97. The molecule has 0 radical (unpaired) electrons. The molecule has 0 bridgehead atoms.